The van der Waals surface area contributed by atoms with Crippen molar-refractivity contribution in [3.05, 3.63) is 25.4 Å². The number of hydrogen-bond donors (Lipinski definition) is 2. The minimum Gasteiger partial charge on any atom is -0.480 e. The minimum absolute atomic E-state index is 0.339. The third-order valence-electron chi connectivity index (χ3n) is 4.21. The van der Waals surface area contributed by atoms with Gasteiger partial charge in [0.15, 0.2) is 0 Å². The molecule has 0 radical (unpaired) electrons. The molecule has 1 atom stereocenters. The first-order chi connectivity index (χ1) is 13.0. The Morgan fingerprint density at radius 3 is 1.96 bits per heavy atom. The summed E-state index contributed by atoms with van der Waals surface area (Å²) in [6.45, 7) is -0.0654. The van der Waals surface area contributed by atoms with Gasteiger partial charge in [-0.2, -0.15) is 0 Å². The Morgan fingerprint density at radius 2 is 1.50 bits per heavy atom. The van der Waals surface area contributed by atoms with E-state index in [4.69, 9.17) is 5.11 Å². The number of amides is 2. The van der Waals surface area contributed by atoms with Gasteiger partial charge in [-0.1, -0.05) is 0 Å². The smallest absolute Gasteiger partial charge is 0.326 e. The van der Waals surface area contributed by atoms with Crippen LogP contribution in [0.2, 0.25) is 0 Å². The highest BCUT2D eigenvalue weighted by molar-refractivity contribution is 14.1. The number of carbonyl (C=O) groups excluding carboxylic acids is 2. The van der Waals surface area contributed by atoms with Crippen LogP contribution in [0.1, 0.15) is 33.6 Å². The summed E-state index contributed by atoms with van der Waals surface area (Å²) in [5.74, 6) is -2.96. The highest BCUT2D eigenvalue weighted by Crippen LogP contribution is 2.35. The Kier molecular flexibility index (Phi) is 8.58. The molecule has 1 aliphatic rings. The van der Waals surface area contributed by atoms with Crippen molar-refractivity contribution in [2.45, 2.75) is 18.9 Å². The summed E-state index contributed by atoms with van der Waals surface area (Å²) in [6.07, 6.45) is 1.04. The molecule has 2 N–H and O–H groups in total. The molecule has 12 heteroatoms. The number of benzene rings is 1. The molecule has 0 unspecified atom stereocenters. The number of nitrogens with zero attached hydrogens (tertiary/aromatic N) is 2. The van der Waals surface area contributed by atoms with Crippen molar-refractivity contribution in [3.63, 3.8) is 0 Å². The molecule has 1 fully saturated rings. The quantitative estimate of drug-likeness (QED) is 0.349. The van der Waals surface area contributed by atoms with Crippen molar-refractivity contribution in [1.29, 1.82) is 0 Å². The van der Waals surface area contributed by atoms with Crippen molar-refractivity contribution in [2.24, 2.45) is 0 Å². The summed E-state index contributed by atoms with van der Waals surface area (Å²) in [6, 6.07) is -0.850. The lowest BCUT2D eigenvalue weighted by Gasteiger charge is -2.25. The molecule has 2 amide bonds. The van der Waals surface area contributed by atoms with Crippen molar-refractivity contribution >= 4 is 114 Å². The van der Waals surface area contributed by atoms with Crippen LogP contribution in [0.3, 0.4) is 0 Å². The van der Waals surface area contributed by atoms with Crippen molar-refractivity contribution < 1.29 is 29.4 Å². The molecule has 0 bridgehead atoms. The second kappa shape index (κ2) is 9.88. The molecule has 1 saturated heterocycles. The molecule has 1 aromatic carbocycles. The second-order valence-electron chi connectivity index (χ2n) is 6.06. The van der Waals surface area contributed by atoms with E-state index in [-0.39, 0.29) is 5.91 Å². The maximum atomic E-state index is 13.1. The molecule has 0 aliphatic carbocycles. The zero-order valence-electron chi connectivity index (χ0n) is 14.3. The fourth-order valence-electron chi connectivity index (χ4n) is 2.88. The highest BCUT2D eigenvalue weighted by Gasteiger charge is 2.37. The first kappa shape index (κ1) is 24.3. The third kappa shape index (κ3) is 4.84. The van der Waals surface area contributed by atoms with E-state index in [1.54, 1.807) is 0 Å². The summed E-state index contributed by atoms with van der Waals surface area (Å²) < 4.78 is 2.19. The molecule has 152 valence electrons. The van der Waals surface area contributed by atoms with Gasteiger partial charge in [0.1, 0.15) is 12.6 Å². The number of likely N-dealkylation sites (N-methyl/N-ethyl adjacent to an activating group) is 1. The maximum absolute atomic E-state index is 13.1. The molecule has 0 aromatic heterocycles. The molecular weight excluding hydrogens is 824 g/mol. The molecule has 0 saturated carbocycles. The largest absolute Gasteiger partial charge is 0.480 e. The minimum atomic E-state index is -1.12. The summed E-state index contributed by atoms with van der Waals surface area (Å²) in [4.78, 5) is 50.8. The molecular formula is C16H14I4N2O6. The lowest BCUT2D eigenvalue weighted by atomic mass is 10.1. The first-order valence-corrected chi connectivity index (χ1v) is 12.2. The number of carboxylic acids is 2. The van der Waals surface area contributed by atoms with Crippen LogP contribution in [0.25, 0.3) is 0 Å². The summed E-state index contributed by atoms with van der Waals surface area (Å²) in [7, 11) is 1.41. The van der Waals surface area contributed by atoms with Gasteiger partial charge in [-0.05, 0) is 103 Å². The van der Waals surface area contributed by atoms with E-state index in [9.17, 15) is 24.3 Å². The Bertz CT molecular complexity index is 846. The molecule has 2 rings (SSSR count). The van der Waals surface area contributed by atoms with Gasteiger partial charge in [0.05, 0.1) is 11.1 Å². The standard InChI is InChI=1S/C16H14I4N2O6/c1-21(5-7(23)24)14(25)8-10(17)12(19)9(13(20)11(8)18)15(26)22-4-2-3-6(22)16(27)28/h6H,2-5H2,1H3,(H,23,24)(H,27,28)/t6-/m0/s1. The van der Waals surface area contributed by atoms with Crippen LogP contribution in [0.5, 0.6) is 0 Å². The van der Waals surface area contributed by atoms with Crippen LogP contribution < -0.4 is 0 Å². The van der Waals surface area contributed by atoms with Crippen LogP contribution >= 0.6 is 90.4 Å². The number of halogens is 4. The number of carbonyl (C=O) groups is 4. The Hall–Kier alpha value is 0.0200. The van der Waals surface area contributed by atoms with E-state index in [1.165, 1.54) is 11.9 Å². The Labute approximate surface area is 215 Å². The number of aliphatic carboxylic acids is 2. The maximum Gasteiger partial charge on any atom is 0.326 e. The van der Waals surface area contributed by atoms with Crippen molar-refractivity contribution in [1.82, 2.24) is 9.80 Å². The van der Waals surface area contributed by atoms with Gasteiger partial charge in [-0.15, -0.1) is 0 Å². The van der Waals surface area contributed by atoms with Gasteiger partial charge in [0.2, 0.25) is 0 Å². The summed E-state index contributed by atoms with van der Waals surface area (Å²) in [5.41, 5.74) is 0.715. The Morgan fingerprint density at radius 1 is 1.00 bits per heavy atom. The predicted octanol–water partition coefficient (Wildman–Crippen LogP) is 2.95. The van der Waals surface area contributed by atoms with Gasteiger partial charge in [0.25, 0.3) is 11.8 Å². The SMILES string of the molecule is CN(CC(=O)O)C(=O)c1c(I)c(I)c(C(=O)N2CCC[C@H]2C(=O)O)c(I)c1I. The highest BCUT2D eigenvalue weighted by atomic mass is 127. The number of likely N-dealkylation sites (tertiary alicyclic amines) is 1. The van der Waals surface area contributed by atoms with Crippen LogP contribution in [0.15, 0.2) is 0 Å². The molecule has 28 heavy (non-hydrogen) atoms. The fourth-order valence-corrected chi connectivity index (χ4v) is 7.00. The van der Waals surface area contributed by atoms with Crippen LogP contribution in [0.4, 0.5) is 0 Å². The zero-order valence-corrected chi connectivity index (χ0v) is 23.0. The second-order valence-corrected chi connectivity index (χ2v) is 10.4. The van der Waals surface area contributed by atoms with Gasteiger partial charge < -0.3 is 20.0 Å². The number of carboxylic acid groups (broad SMARTS) is 2. The van der Waals surface area contributed by atoms with Crippen LogP contribution in [-0.4, -0.2) is 69.9 Å². The average molecular weight is 838 g/mol. The van der Waals surface area contributed by atoms with Gasteiger partial charge in [-0.3, -0.25) is 14.4 Å². The first-order valence-electron chi connectivity index (χ1n) is 7.86. The van der Waals surface area contributed by atoms with Gasteiger partial charge >= 0.3 is 11.9 Å². The number of rotatable bonds is 5. The molecule has 0 spiro atoms. The van der Waals surface area contributed by atoms with E-state index >= 15 is 0 Å². The van der Waals surface area contributed by atoms with Crippen molar-refractivity contribution in [3.8, 4) is 0 Å². The van der Waals surface area contributed by atoms with E-state index in [2.05, 4.69) is 0 Å². The number of hydrogen-bond acceptors (Lipinski definition) is 4. The normalized spacial score (nSPS) is 16.2. The lowest BCUT2D eigenvalue weighted by Crippen LogP contribution is -2.41. The summed E-state index contributed by atoms with van der Waals surface area (Å²) >= 11 is 7.91. The van der Waals surface area contributed by atoms with Gasteiger partial charge in [0, 0.05) is 27.9 Å². The van der Waals surface area contributed by atoms with E-state index < -0.39 is 30.4 Å². The molecule has 8 nitrogen and oxygen atoms in total. The van der Waals surface area contributed by atoms with Crippen LogP contribution in [-0.2, 0) is 9.59 Å². The average Bonchev–Trinajstić information content (AvgIpc) is 3.09. The fraction of sp³-hybridized carbons (Fsp3) is 0.375. The molecule has 1 aromatic rings. The zero-order chi connectivity index (χ0) is 21.3. The molecule has 1 heterocycles. The summed E-state index contributed by atoms with van der Waals surface area (Å²) in [5, 5.41) is 18.3. The predicted molar refractivity (Wildman–Crippen MR) is 134 cm³/mol. The topological polar surface area (TPSA) is 115 Å². The monoisotopic (exact) mass is 838 g/mol. The third-order valence-corrected chi connectivity index (χ3v) is 10.6. The van der Waals surface area contributed by atoms with E-state index in [0.29, 0.717) is 44.8 Å². The molecule has 1 aliphatic heterocycles. The van der Waals surface area contributed by atoms with Crippen LogP contribution in [0, 0.1) is 14.3 Å². The van der Waals surface area contributed by atoms with E-state index in [1.807, 2.05) is 90.4 Å². The van der Waals surface area contributed by atoms with Gasteiger partial charge in [-0.25, -0.2) is 4.79 Å². The van der Waals surface area contributed by atoms with E-state index in [0.717, 1.165) is 4.90 Å². The Balaban J connectivity index is 2.53. The van der Waals surface area contributed by atoms with Crippen molar-refractivity contribution in [2.75, 3.05) is 20.1 Å². The lowest BCUT2D eigenvalue weighted by molar-refractivity contribution is -0.141.